The molecule has 1 aliphatic rings. The molecule has 0 unspecified atom stereocenters. The number of rotatable bonds is 3. The molecule has 1 saturated heterocycles. The first kappa shape index (κ1) is 14.6. The SMILES string of the molecule is O=C(c1cccc(-n2cnnc2)c1)N1CCC[C@H]1c1cccnc1. The molecule has 0 bridgehead atoms. The number of benzene rings is 1. The van der Waals surface area contributed by atoms with Crippen molar-refractivity contribution in [3.8, 4) is 5.69 Å². The molecule has 0 spiro atoms. The lowest BCUT2D eigenvalue weighted by molar-refractivity contribution is 0.0735. The van der Waals surface area contributed by atoms with Gasteiger partial charge in [-0.05, 0) is 42.7 Å². The molecule has 1 amide bonds. The lowest BCUT2D eigenvalue weighted by Crippen LogP contribution is -2.30. The fraction of sp³-hybridized carbons (Fsp3) is 0.222. The Morgan fingerprint density at radius 1 is 1.12 bits per heavy atom. The lowest BCUT2D eigenvalue weighted by Gasteiger charge is -2.25. The van der Waals surface area contributed by atoms with Gasteiger partial charge < -0.3 is 4.90 Å². The summed E-state index contributed by atoms with van der Waals surface area (Å²) in [5.41, 5.74) is 2.65. The first-order valence-corrected chi connectivity index (χ1v) is 7.99. The molecule has 24 heavy (non-hydrogen) atoms. The summed E-state index contributed by atoms with van der Waals surface area (Å²) in [5.74, 6) is 0.0521. The molecule has 3 heterocycles. The van der Waals surface area contributed by atoms with Crippen LogP contribution in [-0.2, 0) is 0 Å². The fourth-order valence-corrected chi connectivity index (χ4v) is 3.23. The molecule has 2 aromatic heterocycles. The average Bonchev–Trinajstić information content (AvgIpc) is 3.34. The molecule has 120 valence electrons. The molecule has 1 atom stereocenters. The van der Waals surface area contributed by atoms with Crippen LogP contribution in [0.15, 0.2) is 61.4 Å². The Bertz CT molecular complexity index is 832. The Labute approximate surface area is 139 Å². The molecule has 6 nitrogen and oxygen atoms in total. The maximum Gasteiger partial charge on any atom is 0.254 e. The maximum atomic E-state index is 13.0. The van der Waals surface area contributed by atoms with Gasteiger partial charge in [-0.25, -0.2) is 0 Å². The number of hydrogen-bond acceptors (Lipinski definition) is 4. The number of hydrogen-bond donors (Lipinski definition) is 0. The molecule has 0 saturated carbocycles. The van der Waals surface area contributed by atoms with Crippen LogP contribution in [0.25, 0.3) is 5.69 Å². The van der Waals surface area contributed by atoms with E-state index < -0.39 is 0 Å². The number of carbonyl (C=O) groups excluding carboxylic acids is 1. The van der Waals surface area contributed by atoms with Crippen LogP contribution in [0.1, 0.15) is 34.8 Å². The summed E-state index contributed by atoms with van der Waals surface area (Å²) in [6, 6.07) is 11.6. The Morgan fingerprint density at radius 2 is 2.00 bits per heavy atom. The van der Waals surface area contributed by atoms with Gasteiger partial charge in [-0.1, -0.05) is 12.1 Å². The molecular weight excluding hydrogens is 302 g/mol. The summed E-state index contributed by atoms with van der Waals surface area (Å²) in [6.45, 7) is 0.773. The molecular formula is C18H17N5O. The van der Waals surface area contributed by atoms with Gasteiger partial charge in [-0.3, -0.25) is 14.3 Å². The van der Waals surface area contributed by atoms with Gasteiger partial charge in [0.25, 0.3) is 5.91 Å². The van der Waals surface area contributed by atoms with E-state index in [4.69, 9.17) is 0 Å². The third kappa shape index (κ3) is 2.67. The Balaban J connectivity index is 1.62. The van der Waals surface area contributed by atoms with Crippen LogP contribution in [0.2, 0.25) is 0 Å². The third-order valence-electron chi connectivity index (χ3n) is 4.39. The molecule has 0 aliphatic carbocycles. The normalized spacial score (nSPS) is 17.2. The molecule has 1 aliphatic heterocycles. The molecule has 1 fully saturated rings. The predicted octanol–water partition coefficient (Wildman–Crippen LogP) is 2.64. The standard InChI is InChI=1S/C18H17N5O/c24-18(14-4-1-6-16(10-14)22-12-20-21-13-22)23-9-3-7-17(23)15-5-2-8-19-11-15/h1-2,4-6,8,10-13,17H,3,7,9H2/t17-/m0/s1. The van der Waals surface area contributed by atoms with Crippen LogP contribution >= 0.6 is 0 Å². The first-order chi connectivity index (χ1) is 11.8. The van der Waals surface area contributed by atoms with Gasteiger partial charge in [0.1, 0.15) is 12.7 Å². The zero-order valence-electron chi connectivity index (χ0n) is 13.1. The van der Waals surface area contributed by atoms with Crippen LogP contribution < -0.4 is 0 Å². The number of nitrogens with zero attached hydrogens (tertiary/aromatic N) is 5. The second-order valence-corrected chi connectivity index (χ2v) is 5.86. The van der Waals surface area contributed by atoms with Gasteiger partial charge in [0.15, 0.2) is 0 Å². The van der Waals surface area contributed by atoms with E-state index >= 15 is 0 Å². The summed E-state index contributed by atoms with van der Waals surface area (Å²) in [7, 11) is 0. The van der Waals surface area contributed by atoms with E-state index in [9.17, 15) is 4.79 Å². The van der Waals surface area contributed by atoms with Crippen LogP contribution in [0, 0.1) is 0 Å². The first-order valence-electron chi connectivity index (χ1n) is 7.99. The van der Waals surface area contributed by atoms with Gasteiger partial charge in [-0.15, -0.1) is 10.2 Å². The van der Waals surface area contributed by atoms with E-state index in [1.807, 2.05) is 47.5 Å². The molecule has 6 heteroatoms. The Morgan fingerprint density at radius 3 is 2.79 bits per heavy atom. The zero-order chi connectivity index (χ0) is 16.4. The van der Waals surface area contributed by atoms with Crippen LogP contribution in [0.4, 0.5) is 0 Å². The van der Waals surface area contributed by atoms with E-state index in [-0.39, 0.29) is 11.9 Å². The monoisotopic (exact) mass is 319 g/mol. The lowest BCUT2D eigenvalue weighted by atomic mass is 10.1. The van der Waals surface area contributed by atoms with E-state index in [1.165, 1.54) is 0 Å². The summed E-state index contributed by atoms with van der Waals surface area (Å²) in [5, 5.41) is 7.63. The number of amides is 1. The fourth-order valence-electron chi connectivity index (χ4n) is 3.23. The van der Waals surface area contributed by atoms with Gasteiger partial charge >= 0.3 is 0 Å². The van der Waals surface area contributed by atoms with Crippen molar-refractivity contribution >= 4 is 5.91 Å². The van der Waals surface area contributed by atoms with Gasteiger partial charge in [-0.2, -0.15) is 0 Å². The minimum atomic E-state index is 0.0521. The van der Waals surface area contributed by atoms with Gasteiger partial charge in [0.05, 0.1) is 6.04 Å². The van der Waals surface area contributed by atoms with E-state index in [1.54, 1.807) is 23.4 Å². The molecule has 0 radical (unpaired) electrons. The van der Waals surface area contributed by atoms with E-state index in [0.29, 0.717) is 5.56 Å². The maximum absolute atomic E-state index is 13.0. The second kappa shape index (κ2) is 6.23. The average molecular weight is 319 g/mol. The largest absolute Gasteiger partial charge is 0.332 e. The van der Waals surface area contributed by atoms with Crippen molar-refractivity contribution in [1.82, 2.24) is 24.6 Å². The van der Waals surface area contributed by atoms with E-state index in [0.717, 1.165) is 30.6 Å². The smallest absolute Gasteiger partial charge is 0.254 e. The molecule has 1 aromatic carbocycles. The molecule has 3 aromatic rings. The second-order valence-electron chi connectivity index (χ2n) is 5.86. The highest BCUT2D eigenvalue weighted by molar-refractivity contribution is 5.95. The predicted molar refractivity (Wildman–Crippen MR) is 88.6 cm³/mol. The van der Waals surface area contributed by atoms with Crippen LogP contribution in [0.5, 0.6) is 0 Å². The summed E-state index contributed by atoms with van der Waals surface area (Å²) < 4.78 is 1.79. The number of pyridine rings is 1. The Hall–Kier alpha value is -3.02. The summed E-state index contributed by atoms with van der Waals surface area (Å²) in [4.78, 5) is 19.2. The van der Waals surface area contributed by atoms with Crippen molar-refractivity contribution in [2.75, 3.05) is 6.54 Å². The van der Waals surface area contributed by atoms with Gasteiger partial charge in [0, 0.05) is 30.2 Å². The molecule has 4 rings (SSSR count). The topological polar surface area (TPSA) is 63.9 Å². The Kier molecular flexibility index (Phi) is 3.78. The number of likely N-dealkylation sites (tertiary alicyclic amines) is 1. The highest BCUT2D eigenvalue weighted by Gasteiger charge is 2.30. The van der Waals surface area contributed by atoms with Crippen LogP contribution in [0.3, 0.4) is 0 Å². The van der Waals surface area contributed by atoms with Crippen LogP contribution in [-0.4, -0.2) is 37.1 Å². The quantitative estimate of drug-likeness (QED) is 0.744. The van der Waals surface area contributed by atoms with Crippen molar-refractivity contribution in [3.05, 3.63) is 72.6 Å². The third-order valence-corrected chi connectivity index (χ3v) is 4.39. The minimum Gasteiger partial charge on any atom is -0.332 e. The zero-order valence-corrected chi connectivity index (χ0v) is 13.1. The van der Waals surface area contributed by atoms with Gasteiger partial charge in [0.2, 0.25) is 0 Å². The summed E-state index contributed by atoms with van der Waals surface area (Å²) in [6.07, 6.45) is 8.84. The summed E-state index contributed by atoms with van der Waals surface area (Å²) >= 11 is 0. The van der Waals surface area contributed by atoms with Crippen molar-refractivity contribution in [2.45, 2.75) is 18.9 Å². The van der Waals surface area contributed by atoms with Crippen molar-refractivity contribution in [1.29, 1.82) is 0 Å². The van der Waals surface area contributed by atoms with Crippen molar-refractivity contribution in [3.63, 3.8) is 0 Å². The highest BCUT2D eigenvalue weighted by atomic mass is 16.2. The van der Waals surface area contributed by atoms with Crippen molar-refractivity contribution < 1.29 is 4.79 Å². The van der Waals surface area contributed by atoms with E-state index in [2.05, 4.69) is 15.2 Å². The highest BCUT2D eigenvalue weighted by Crippen LogP contribution is 2.32. The number of aromatic nitrogens is 4. The molecule has 0 N–H and O–H groups in total. The minimum absolute atomic E-state index is 0.0521. The van der Waals surface area contributed by atoms with Crippen molar-refractivity contribution in [2.24, 2.45) is 0 Å². The number of carbonyl (C=O) groups is 1.